The van der Waals surface area contributed by atoms with Crippen LogP contribution in [0.25, 0.3) is 0 Å². The first-order valence-corrected chi connectivity index (χ1v) is 5.49. The summed E-state index contributed by atoms with van der Waals surface area (Å²) in [6.07, 6.45) is 2.78. The molecule has 0 radical (unpaired) electrons. The van der Waals surface area contributed by atoms with Crippen molar-refractivity contribution in [3.05, 3.63) is 53.3 Å². The van der Waals surface area contributed by atoms with E-state index in [0.29, 0.717) is 11.5 Å². The highest BCUT2D eigenvalue weighted by Crippen LogP contribution is 2.23. The van der Waals surface area contributed by atoms with Crippen LogP contribution < -0.4 is 4.74 Å². The fourth-order valence-corrected chi connectivity index (χ4v) is 1.72. The number of aromatic carboxylic acids is 1. The molecule has 0 spiro atoms. The molecule has 0 atom stereocenters. The number of hydrogen-bond donors (Lipinski definition) is 1. The summed E-state index contributed by atoms with van der Waals surface area (Å²) in [5.74, 6) is 0.0742. The number of hydrogen-bond acceptors (Lipinski definition) is 3. The molecule has 1 aromatic heterocycles. The lowest BCUT2D eigenvalue weighted by Crippen LogP contribution is -1.97. The number of benzene rings is 1. The number of rotatable bonds is 3. The maximum absolute atomic E-state index is 10.8. The van der Waals surface area contributed by atoms with E-state index >= 15 is 0 Å². The predicted molar refractivity (Wildman–Crippen MR) is 67.2 cm³/mol. The van der Waals surface area contributed by atoms with E-state index in [4.69, 9.17) is 9.84 Å². The van der Waals surface area contributed by atoms with Crippen molar-refractivity contribution in [1.29, 1.82) is 0 Å². The van der Waals surface area contributed by atoms with Gasteiger partial charge in [0.05, 0.1) is 11.8 Å². The number of carboxylic acid groups (broad SMARTS) is 1. The monoisotopic (exact) mass is 243 g/mol. The molecule has 4 heteroatoms. The average molecular weight is 243 g/mol. The van der Waals surface area contributed by atoms with Gasteiger partial charge in [-0.25, -0.2) is 4.79 Å². The normalized spacial score (nSPS) is 10.1. The molecule has 0 fully saturated rings. The van der Waals surface area contributed by atoms with Crippen molar-refractivity contribution in [3.8, 4) is 11.5 Å². The predicted octanol–water partition coefficient (Wildman–Crippen LogP) is 3.19. The quantitative estimate of drug-likeness (QED) is 0.899. The molecule has 92 valence electrons. The van der Waals surface area contributed by atoms with Crippen LogP contribution in [0.1, 0.15) is 21.5 Å². The van der Waals surface area contributed by atoms with Crippen molar-refractivity contribution >= 4 is 5.97 Å². The van der Waals surface area contributed by atoms with Crippen LogP contribution in [0.15, 0.2) is 36.7 Å². The van der Waals surface area contributed by atoms with Crippen molar-refractivity contribution in [3.63, 3.8) is 0 Å². The first-order chi connectivity index (χ1) is 8.54. The summed E-state index contributed by atoms with van der Waals surface area (Å²) >= 11 is 0. The third kappa shape index (κ3) is 2.85. The fraction of sp³-hybridized carbons (Fsp3) is 0.143. The van der Waals surface area contributed by atoms with Crippen molar-refractivity contribution in [2.24, 2.45) is 0 Å². The number of nitrogens with zero attached hydrogens (tertiary/aromatic N) is 1. The van der Waals surface area contributed by atoms with Crippen molar-refractivity contribution in [2.75, 3.05) is 0 Å². The summed E-state index contributed by atoms with van der Waals surface area (Å²) in [4.78, 5) is 14.7. The van der Waals surface area contributed by atoms with E-state index in [1.54, 1.807) is 0 Å². The topological polar surface area (TPSA) is 59.4 Å². The summed E-state index contributed by atoms with van der Waals surface area (Å²) in [6.45, 7) is 3.96. The minimum atomic E-state index is -1.02. The van der Waals surface area contributed by atoms with Crippen molar-refractivity contribution in [1.82, 2.24) is 4.98 Å². The zero-order chi connectivity index (χ0) is 13.1. The SMILES string of the molecule is Cc1cc(C)cc(Oc2cncc(C(=O)O)c2)c1. The summed E-state index contributed by atoms with van der Waals surface area (Å²) in [5.41, 5.74) is 2.29. The average Bonchev–Trinajstić information content (AvgIpc) is 2.27. The molecule has 0 bridgehead atoms. The van der Waals surface area contributed by atoms with Crippen LogP contribution in [0.4, 0.5) is 0 Å². The second-order valence-corrected chi connectivity index (χ2v) is 4.14. The van der Waals surface area contributed by atoms with Crippen LogP contribution in [0.5, 0.6) is 11.5 Å². The Kier molecular flexibility index (Phi) is 3.28. The van der Waals surface area contributed by atoms with Gasteiger partial charge in [-0.1, -0.05) is 6.07 Å². The summed E-state index contributed by atoms with van der Waals surface area (Å²) in [6, 6.07) is 7.27. The van der Waals surface area contributed by atoms with Crippen LogP contribution in [-0.4, -0.2) is 16.1 Å². The number of pyridine rings is 1. The Morgan fingerprint density at radius 1 is 1.06 bits per heavy atom. The highest BCUT2D eigenvalue weighted by Gasteiger charge is 2.06. The van der Waals surface area contributed by atoms with Gasteiger partial charge >= 0.3 is 5.97 Å². The summed E-state index contributed by atoms with van der Waals surface area (Å²) in [7, 11) is 0. The van der Waals surface area contributed by atoms with Gasteiger partial charge < -0.3 is 9.84 Å². The molecule has 0 amide bonds. The first-order valence-electron chi connectivity index (χ1n) is 5.49. The lowest BCUT2D eigenvalue weighted by molar-refractivity contribution is 0.0696. The second-order valence-electron chi connectivity index (χ2n) is 4.14. The smallest absolute Gasteiger partial charge is 0.337 e. The number of carboxylic acids is 1. The standard InChI is InChI=1S/C14H13NO3/c1-9-3-10(2)5-12(4-9)18-13-6-11(14(16)17)7-15-8-13/h3-8H,1-2H3,(H,16,17). The van der Waals surface area contributed by atoms with E-state index in [2.05, 4.69) is 4.98 Å². The van der Waals surface area contributed by atoms with E-state index in [-0.39, 0.29) is 5.56 Å². The Balaban J connectivity index is 2.28. The zero-order valence-corrected chi connectivity index (χ0v) is 10.2. The van der Waals surface area contributed by atoms with E-state index in [0.717, 1.165) is 11.1 Å². The summed E-state index contributed by atoms with van der Waals surface area (Å²) < 4.78 is 5.60. The number of aryl methyl sites for hydroxylation is 2. The maximum atomic E-state index is 10.8. The van der Waals surface area contributed by atoms with Gasteiger partial charge in [-0.3, -0.25) is 4.98 Å². The first kappa shape index (κ1) is 12.1. The van der Waals surface area contributed by atoms with E-state index in [1.807, 2.05) is 32.0 Å². The highest BCUT2D eigenvalue weighted by molar-refractivity contribution is 5.87. The molecule has 0 aliphatic rings. The van der Waals surface area contributed by atoms with E-state index in [9.17, 15) is 4.79 Å². The van der Waals surface area contributed by atoms with Crippen LogP contribution in [0.2, 0.25) is 0 Å². The van der Waals surface area contributed by atoms with E-state index in [1.165, 1.54) is 18.5 Å². The molecule has 0 aliphatic carbocycles. The fourth-order valence-electron chi connectivity index (χ4n) is 1.72. The number of aromatic nitrogens is 1. The van der Waals surface area contributed by atoms with Gasteiger partial charge in [-0.2, -0.15) is 0 Å². The van der Waals surface area contributed by atoms with Crippen molar-refractivity contribution < 1.29 is 14.6 Å². The van der Waals surface area contributed by atoms with Gasteiger partial charge in [0.2, 0.25) is 0 Å². The molecule has 0 saturated carbocycles. The number of carbonyl (C=O) groups is 1. The molecule has 18 heavy (non-hydrogen) atoms. The zero-order valence-electron chi connectivity index (χ0n) is 10.2. The molecule has 0 aliphatic heterocycles. The van der Waals surface area contributed by atoms with Crippen LogP contribution in [0.3, 0.4) is 0 Å². The van der Waals surface area contributed by atoms with Gasteiger partial charge in [0.1, 0.15) is 11.5 Å². The molecule has 1 heterocycles. The minimum absolute atomic E-state index is 0.108. The Bertz CT molecular complexity index is 573. The Morgan fingerprint density at radius 2 is 1.72 bits per heavy atom. The summed E-state index contributed by atoms with van der Waals surface area (Å²) in [5, 5.41) is 8.87. The number of ether oxygens (including phenoxy) is 1. The second kappa shape index (κ2) is 4.87. The Hall–Kier alpha value is -2.36. The largest absolute Gasteiger partial charge is 0.478 e. The minimum Gasteiger partial charge on any atom is -0.478 e. The van der Waals surface area contributed by atoms with Crippen LogP contribution in [0, 0.1) is 13.8 Å². The third-order valence-electron chi connectivity index (χ3n) is 2.39. The Labute approximate surface area is 105 Å². The molecule has 2 aromatic rings. The lowest BCUT2D eigenvalue weighted by Gasteiger charge is -2.07. The highest BCUT2D eigenvalue weighted by atomic mass is 16.5. The maximum Gasteiger partial charge on any atom is 0.337 e. The van der Waals surface area contributed by atoms with Gasteiger partial charge in [-0.15, -0.1) is 0 Å². The van der Waals surface area contributed by atoms with Gasteiger partial charge in [0.15, 0.2) is 0 Å². The lowest BCUT2D eigenvalue weighted by atomic mass is 10.1. The van der Waals surface area contributed by atoms with E-state index < -0.39 is 5.97 Å². The van der Waals surface area contributed by atoms with Crippen LogP contribution in [-0.2, 0) is 0 Å². The van der Waals surface area contributed by atoms with Gasteiger partial charge in [0, 0.05) is 6.20 Å². The Morgan fingerprint density at radius 3 is 2.33 bits per heavy atom. The molecule has 1 N–H and O–H groups in total. The molecule has 2 rings (SSSR count). The third-order valence-corrected chi connectivity index (χ3v) is 2.39. The molecule has 4 nitrogen and oxygen atoms in total. The molecular formula is C14H13NO3. The van der Waals surface area contributed by atoms with Crippen LogP contribution >= 0.6 is 0 Å². The molecule has 0 unspecified atom stereocenters. The molecule has 0 saturated heterocycles. The van der Waals surface area contributed by atoms with Gasteiger partial charge in [0.25, 0.3) is 0 Å². The molecular weight excluding hydrogens is 230 g/mol. The van der Waals surface area contributed by atoms with Crippen molar-refractivity contribution in [2.45, 2.75) is 13.8 Å². The molecule has 1 aromatic carbocycles. The van der Waals surface area contributed by atoms with Gasteiger partial charge in [-0.05, 0) is 43.2 Å².